The summed E-state index contributed by atoms with van der Waals surface area (Å²) >= 11 is 0. The minimum absolute atomic E-state index is 0.171. The normalized spacial score (nSPS) is 40.9. The minimum atomic E-state index is -0.328. The van der Waals surface area contributed by atoms with Crippen molar-refractivity contribution in [1.82, 2.24) is 0 Å². The molecule has 0 heterocycles. The lowest BCUT2D eigenvalue weighted by molar-refractivity contribution is 0.0958. The molecule has 3 unspecified atom stereocenters. The first-order valence-corrected chi connectivity index (χ1v) is 5.91. The third kappa shape index (κ3) is 1.15. The SMILES string of the molecule is N#C[C@@]1(c2ccccc2)CC2CC1CC2O. The van der Waals surface area contributed by atoms with Gasteiger partial charge < -0.3 is 5.11 Å². The Labute approximate surface area is 95.5 Å². The second-order valence-electron chi connectivity index (χ2n) is 5.15. The zero-order chi connectivity index (χ0) is 11.2. The average molecular weight is 213 g/mol. The van der Waals surface area contributed by atoms with Crippen LogP contribution >= 0.6 is 0 Å². The Kier molecular flexibility index (Phi) is 2.05. The van der Waals surface area contributed by atoms with Crippen LogP contribution < -0.4 is 0 Å². The first-order valence-electron chi connectivity index (χ1n) is 5.91. The van der Waals surface area contributed by atoms with Crippen molar-refractivity contribution in [2.75, 3.05) is 0 Å². The van der Waals surface area contributed by atoms with Crippen LogP contribution in [0.4, 0.5) is 0 Å². The van der Waals surface area contributed by atoms with Crippen molar-refractivity contribution in [2.45, 2.75) is 30.8 Å². The van der Waals surface area contributed by atoms with Crippen molar-refractivity contribution in [2.24, 2.45) is 11.8 Å². The predicted molar refractivity (Wildman–Crippen MR) is 60.6 cm³/mol. The molecule has 82 valence electrons. The Morgan fingerprint density at radius 3 is 2.50 bits per heavy atom. The lowest BCUT2D eigenvalue weighted by Gasteiger charge is -2.33. The summed E-state index contributed by atoms with van der Waals surface area (Å²) in [5, 5.41) is 19.3. The lowest BCUT2D eigenvalue weighted by Crippen LogP contribution is -2.35. The molecule has 4 atom stereocenters. The molecule has 0 spiro atoms. The molecule has 1 aromatic carbocycles. The van der Waals surface area contributed by atoms with Crippen LogP contribution in [0.3, 0.4) is 0 Å². The summed E-state index contributed by atoms with van der Waals surface area (Å²) < 4.78 is 0. The van der Waals surface area contributed by atoms with E-state index in [-0.39, 0.29) is 11.5 Å². The van der Waals surface area contributed by atoms with Crippen LogP contribution in [0.15, 0.2) is 30.3 Å². The monoisotopic (exact) mass is 213 g/mol. The number of hydrogen-bond donors (Lipinski definition) is 1. The lowest BCUT2D eigenvalue weighted by atomic mass is 9.69. The number of rotatable bonds is 1. The summed E-state index contributed by atoms with van der Waals surface area (Å²) in [6, 6.07) is 12.6. The molecule has 2 fully saturated rings. The maximum atomic E-state index is 9.78. The van der Waals surface area contributed by atoms with Gasteiger partial charge in [0.2, 0.25) is 0 Å². The van der Waals surface area contributed by atoms with Gasteiger partial charge in [-0.15, -0.1) is 0 Å². The Bertz CT molecular complexity index is 434. The minimum Gasteiger partial charge on any atom is -0.393 e. The van der Waals surface area contributed by atoms with Gasteiger partial charge in [-0.1, -0.05) is 30.3 Å². The molecule has 0 radical (unpaired) electrons. The molecule has 2 saturated carbocycles. The van der Waals surface area contributed by atoms with E-state index in [1.54, 1.807) is 0 Å². The van der Waals surface area contributed by atoms with Crippen LogP contribution in [0.2, 0.25) is 0 Å². The molecule has 1 N–H and O–H groups in total. The molecular weight excluding hydrogens is 198 g/mol. The van der Waals surface area contributed by atoms with E-state index in [0.29, 0.717) is 11.8 Å². The molecule has 2 heteroatoms. The van der Waals surface area contributed by atoms with Gasteiger partial charge in [0, 0.05) is 0 Å². The summed E-state index contributed by atoms with van der Waals surface area (Å²) in [7, 11) is 0. The standard InChI is InChI=1S/C14H15NO/c15-9-14(11-4-2-1-3-5-11)8-10-6-12(14)7-13(10)16/h1-5,10,12-13,16H,6-8H2/t10?,12?,13?,14-/m1/s1. The summed E-state index contributed by atoms with van der Waals surface area (Å²) in [6.45, 7) is 0. The van der Waals surface area contributed by atoms with Crippen molar-refractivity contribution in [1.29, 1.82) is 5.26 Å². The van der Waals surface area contributed by atoms with Crippen molar-refractivity contribution >= 4 is 0 Å². The summed E-state index contributed by atoms with van der Waals surface area (Å²) in [6.07, 6.45) is 2.48. The van der Waals surface area contributed by atoms with Crippen molar-refractivity contribution < 1.29 is 5.11 Å². The van der Waals surface area contributed by atoms with Crippen molar-refractivity contribution in [3.63, 3.8) is 0 Å². The Hall–Kier alpha value is -1.33. The molecule has 2 aliphatic carbocycles. The third-order valence-electron chi connectivity index (χ3n) is 4.43. The van der Waals surface area contributed by atoms with Gasteiger partial charge in [-0.25, -0.2) is 0 Å². The van der Waals surface area contributed by atoms with Gasteiger partial charge >= 0.3 is 0 Å². The molecular formula is C14H15NO. The maximum Gasteiger partial charge on any atom is 0.0855 e. The highest BCUT2D eigenvalue weighted by Crippen LogP contribution is 2.56. The Balaban J connectivity index is 2.02. The molecule has 16 heavy (non-hydrogen) atoms. The molecule has 2 aliphatic rings. The molecule has 2 bridgehead atoms. The number of aliphatic hydroxyl groups is 1. The third-order valence-corrected chi connectivity index (χ3v) is 4.43. The van der Waals surface area contributed by atoms with Gasteiger partial charge in [0.15, 0.2) is 0 Å². The van der Waals surface area contributed by atoms with E-state index in [2.05, 4.69) is 18.2 Å². The fraction of sp³-hybridized carbons (Fsp3) is 0.500. The van der Waals surface area contributed by atoms with E-state index in [1.165, 1.54) is 0 Å². The molecule has 0 amide bonds. The Morgan fingerprint density at radius 2 is 2.00 bits per heavy atom. The highest BCUT2D eigenvalue weighted by molar-refractivity contribution is 5.37. The molecule has 0 aliphatic heterocycles. The fourth-order valence-corrected chi connectivity index (χ4v) is 3.60. The van der Waals surface area contributed by atoms with Crippen LogP contribution in [0.5, 0.6) is 0 Å². The zero-order valence-electron chi connectivity index (χ0n) is 9.13. The van der Waals surface area contributed by atoms with E-state index in [0.717, 1.165) is 24.8 Å². The fourth-order valence-electron chi connectivity index (χ4n) is 3.60. The van der Waals surface area contributed by atoms with Gasteiger partial charge in [-0.3, -0.25) is 0 Å². The number of fused-ring (bicyclic) bond motifs is 2. The zero-order valence-corrected chi connectivity index (χ0v) is 9.13. The van der Waals surface area contributed by atoms with Crippen molar-refractivity contribution in [3.8, 4) is 6.07 Å². The van der Waals surface area contributed by atoms with Crippen LogP contribution in [0.25, 0.3) is 0 Å². The highest BCUT2D eigenvalue weighted by atomic mass is 16.3. The highest BCUT2D eigenvalue weighted by Gasteiger charge is 2.55. The van der Waals surface area contributed by atoms with E-state index in [1.807, 2.05) is 18.2 Å². The van der Waals surface area contributed by atoms with Gasteiger partial charge in [0.1, 0.15) is 0 Å². The second kappa shape index (κ2) is 3.33. The number of nitrogens with zero attached hydrogens (tertiary/aromatic N) is 1. The molecule has 0 saturated heterocycles. The summed E-state index contributed by atoms with van der Waals surface area (Å²) in [4.78, 5) is 0. The molecule has 3 rings (SSSR count). The molecule has 0 aromatic heterocycles. The topological polar surface area (TPSA) is 44.0 Å². The number of nitriles is 1. The van der Waals surface area contributed by atoms with E-state index >= 15 is 0 Å². The first kappa shape index (κ1) is 9.86. The summed E-state index contributed by atoms with van der Waals surface area (Å²) in [5.74, 6) is 0.685. The van der Waals surface area contributed by atoms with Gasteiger partial charge in [-0.2, -0.15) is 5.26 Å². The summed E-state index contributed by atoms with van der Waals surface area (Å²) in [5.41, 5.74) is 0.808. The largest absolute Gasteiger partial charge is 0.393 e. The van der Waals surface area contributed by atoms with E-state index in [4.69, 9.17) is 0 Å². The Morgan fingerprint density at radius 1 is 1.25 bits per heavy atom. The average Bonchev–Trinajstić information content (AvgIpc) is 2.87. The first-order chi connectivity index (χ1) is 7.76. The predicted octanol–water partition coefficient (Wildman–Crippen LogP) is 2.24. The smallest absolute Gasteiger partial charge is 0.0855 e. The number of benzene rings is 1. The van der Waals surface area contributed by atoms with Gasteiger partial charge in [-0.05, 0) is 36.7 Å². The van der Waals surface area contributed by atoms with Gasteiger partial charge in [0.05, 0.1) is 17.6 Å². The second-order valence-corrected chi connectivity index (χ2v) is 5.15. The number of aliphatic hydroxyl groups excluding tert-OH is 1. The molecule has 1 aromatic rings. The molecule has 2 nitrogen and oxygen atoms in total. The van der Waals surface area contributed by atoms with Crippen molar-refractivity contribution in [3.05, 3.63) is 35.9 Å². The quantitative estimate of drug-likeness (QED) is 0.777. The van der Waals surface area contributed by atoms with Crippen LogP contribution in [-0.4, -0.2) is 11.2 Å². The number of hydrogen-bond acceptors (Lipinski definition) is 2. The van der Waals surface area contributed by atoms with Crippen LogP contribution in [0.1, 0.15) is 24.8 Å². The van der Waals surface area contributed by atoms with E-state index < -0.39 is 0 Å². The van der Waals surface area contributed by atoms with E-state index in [9.17, 15) is 10.4 Å². The maximum absolute atomic E-state index is 9.78. The van der Waals surface area contributed by atoms with Crippen LogP contribution in [0, 0.1) is 23.2 Å². The van der Waals surface area contributed by atoms with Crippen LogP contribution in [-0.2, 0) is 5.41 Å². The van der Waals surface area contributed by atoms with Gasteiger partial charge in [0.25, 0.3) is 0 Å².